The number of nitrogens with zero attached hydrogens (tertiary/aromatic N) is 1. The number of hydrogen-bond acceptors (Lipinski definition) is 1. The van der Waals surface area contributed by atoms with Crippen molar-refractivity contribution >= 4 is 45.8 Å². The molecule has 2 nitrogen and oxygen atoms in total. The summed E-state index contributed by atoms with van der Waals surface area (Å²) in [6.45, 7) is 1.22. The van der Waals surface area contributed by atoms with Crippen LogP contribution in [0.5, 0.6) is 0 Å². The van der Waals surface area contributed by atoms with E-state index in [1.807, 2.05) is 29.5 Å². The number of alkyl halides is 3. The Balaban J connectivity index is 0.00000220. The van der Waals surface area contributed by atoms with Crippen molar-refractivity contribution in [3.05, 3.63) is 40.4 Å². The van der Waals surface area contributed by atoms with E-state index >= 15 is 0 Å². The molecule has 0 spiro atoms. The molecule has 7 heteroatoms. The number of aryl methyl sites for hydroxylation is 1. The van der Waals surface area contributed by atoms with Crippen molar-refractivity contribution < 1.29 is 46.3 Å². The minimum absolute atomic E-state index is 0. The zero-order valence-corrected chi connectivity index (χ0v) is 17.0. The average Bonchev–Trinajstić information content (AvgIpc) is 2.36. The van der Waals surface area contributed by atoms with Gasteiger partial charge < -0.3 is 4.90 Å². The molecule has 2 rings (SSSR count). The molecule has 1 aliphatic rings. The molecule has 0 saturated heterocycles. The third-order valence-electron chi connectivity index (χ3n) is 3.02. The minimum Gasteiger partial charge on any atom is -0.341 e. The topological polar surface area (TPSA) is 20.3 Å². The second kappa shape index (κ2) is 8.32. The Labute approximate surface area is 166 Å². The van der Waals surface area contributed by atoms with Crippen LogP contribution in [0, 0.1) is 13.0 Å². The summed E-state index contributed by atoms with van der Waals surface area (Å²) in [6.07, 6.45) is 0.918. The molecular weight excluding hydrogens is 487 g/mol. The third-order valence-corrected chi connectivity index (χ3v) is 4.23. The molecule has 1 aromatic rings. The fourth-order valence-electron chi connectivity index (χ4n) is 2.10. The van der Waals surface area contributed by atoms with Crippen LogP contribution in [0.3, 0.4) is 0 Å². The van der Waals surface area contributed by atoms with Gasteiger partial charge in [0, 0.05) is 37.7 Å². The molecular formula is C14H12ClF2INOY-. The molecule has 1 heterocycles. The largest absolute Gasteiger partial charge is 0.341 e. The first-order valence-corrected chi connectivity index (χ1v) is 7.63. The van der Waals surface area contributed by atoms with E-state index in [4.69, 9.17) is 11.6 Å². The van der Waals surface area contributed by atoms with Gasteiger partial charge in [0.2, 0.25) is 5.91 Å². The van der Waals surface area contributed by atoms with Crippen LogP contribution in [0.4, 0.5) is 8.78 Å². The van der Waals surface area contributed by atoms with Crippen molar-refractivity contribution in [2.45, 2.75) is 23.7 Å². The molecule has 0 saturated carbocycles. The molecule has 0 bridgehead atoms. The van der Waals surface area contributed by atoms with Gasteiger partial charge >= 0.3 is 0 Å². The van der Waals surface area contributed by atoms with E-state index in [0.717, 1.165) is 10.5 Å². The van der Waals surface area contributed by atoms with E-state index in [2.05, 4.69) is 6.08 Å². The molecule has 1 amide bonds. The van der Waals surface area contributed by atoms with Gasteiger partial charge in [0.15, 0.2) is 0 Å². The van der Waals surface area contributed by atoms with E-state index in [1.165, 1.54) is 0 Å². The Morgan fingerprint density at radius 2 is 2.19 bits per heavy atom. The van der Waals surface area contributed by atoms with Crippen LogP contribution >= 0.6 is 34.2 Å². The summed E-state index contributed by atoms with van der Waals surface area (Å²) in [6, 6.07) is 5.16. The van der Waals surface area contributed by atoms with Crippen LogP contribution in [0.2, 0.25) is 5.02 Å². The minimum atomic E-state index is -2.58. The van der Waals surface area contributed by atoms with Gasteiger partial charge in [-0.15, -0.1) is 22.9 Å². The quantitative estimate of drug-likeness (QED) is 0.349. The Morgan fingerprint density at radius 1 is 1.52 bits per heavy atom. The summed E-state index contributed by atoms with van der Waals surface area (Å²) in [4.78, 5) is 13.2. The number of hydrogen-bond donors (Lipinski definition) is 0. The molecule has 1 aromatic carbocycles. The van der Waals surface area contributed by atoms with Crippen molar-refractivity contribution in [3.8, 4) is 0 Å². The Kier molecular flexibility index (Phi) is 7.71. The summed E-state index contributed by atoms with van der Waals surface area (Å²) in [5.74, 6) is -0.297. The SMILES string of the molecule is Cc1cc(Cl)ccc1C1=[C-]CC(I)C(=O)N1CC(F)F.[Y]. The Morgan fingerprint density at radius 3 is 2.76 bits per heavy atom. The zero-order chi connectivity index (χ0) is 14.9. The molecule has 1 aliphatic heterocycles. The molecule has 1 unspecified atom stereocenters. The fourth-order valence-corrected chi connectivity index (χ4v) is 2.88. The molecule has 21 heavy (non-hydrogen) atoms. The second-order valence-corrected chi connectivity index (χ2v) is 6.44. The molecule has 0 N–H and O–H groups in total. The summed E-state index contributed by atoms with van der Waals surface area (Å²) in [5.41, 5.74) is 1.98. The van der Waals surface area contributed by atoms with E-state index in [-0.39, 0.29) is 42.5 Å². The van der Waals surface area contributed by atoms with Crippen molar-refractivity contribution in [3.63, 3.8) is 0 Å². The van der Waals surface area contributed by atoms with Gasteiger partial charge in [-0.1, -0.05) is 59.7 Å². The van der Waals surface area contributed by atoms with E-state index in [1.54, 1.807) is 18.2 Å². The van der Waals surface area contributed by atoms with Crippen LogP contribution in [0.1, 0.15) is 17.5 Å². The summed E-state index contributed by atoms with van der Waals surface area (Å²) in [5, 5.41) is 0.571. The van der Waals surface area contributed by atoms with Gasteiger partial charge in [0.25, 0.3) is 6.43 Å². The summed E-state index contributed by atoms with van der Waals surface area (Å²) < 4.78 is 25.1. The number of amides is 1. The average molecular weight is 500 g/mol. The first-order valence-electron chi connectivity index (χ1n) is 6.01. The fraction of sp³-hybridized carbons (Fsp3) is 0.357. The van der Waals surface area contributed by atoms with Gasteiger partial charge in [0.1, 0.15) is 0 Å². The van der Waals surface area contributed by atoms with Crippen molar-refractivity contribution in [1.82, 2.24) is 4.90 Å². The van der Waals surface area contributed by atoms with E-state index in [0.29, 0.717) is 22.7 Å². The Hall–Kier alpha value is 0.414. The van der Waals surface area contributed by atoms with Gasteiger partial charge in [0.05, 0.1) is 10.5 Å². The smallest absolute Gasteiger partial charge is 0.256 e. The number of halogens is 4. The van der Waals surface area contributed by atoms with Gasteiger partial charge in [-0.05, 0) is 0 Å². The first-order chi connectivity index (χ1) is 9.40. The van der Waals surface area contributed by atoms with Gasteiger partial charge in [-0.2, -0.15) is 0 Å². The van der Waals surface area contributed by atoms with Crippen LogP contribution in [0.25, 0.3) is 5.70 Å². The van der Waals surface area contributed by atoms with E-state index in [9.17, 15) is 13.6 Å². The number of benzene rings is 1. The predicted octanol–water partition coefficient (Wildman–Crippen LogP) is 4.09. The standard InChI is InChI=1S/C14H12ClF2INO.Y/c1-8-6-9(15)2-3-10(8)12-5-4-11(18)14(20)19(12)7-13(16)17;/h2-3,6,11,13H,4,7H2,1H3;/q-1;. The van der Waals surface area contributed by atoms with Crippen LogP contribution < -0.4 is 0 Å². The number of allylic oxidation sites excluding steroid dienone is 1. The number of carbonyl (C=O) groups excluding carboxylic acids is 1. The number of carbonyl (C=O) groups is 1. The Bertz CT molecular complexity index is 568. The van der Waals surface area contributed by atoms with Crippen LogP contribution in [-0.2, 0) is 37.5 Å². The molecule has 1 radical (unpaired) electrons. The third kappa shape index (κ3) is 4.69. The van der Waals surface area contributed by atoms with Gasteiger partial charge in [-0.25, -0.2) is 14.9 Å². The molecule has 1 atom stereocenters. The maximum absolute atomic E-state index is 12.7. The maximum Gasteiger partial charge on any atom is 0.256 e. The van der Waals surface area contributed by atoms with Crippen molar-refractivity contribution in [2.24, 2.45) is 0 Å². The van der Waals surface area contributed by atoms with Crippen LogP contribution in [0.15, 0.2) is 18.2 Å². The first kappa shape index (κ1) is 19.5. The molecule has 0 fully saturated rings. The maximum atomic E-state index is 12.7. The van der Waals surface area contributed by atoms with E-state index < -0.39 is 13.0 Å². The predicted molar refractivity (Wildman–Crippen MR) is 83.0 cm³/mol. The molecule has 0 aromatic heterocycles. The molecule has 111 valence electrons. The van der Waals surface area contributed by atoms with Crippen LogP contribution in [-0.4, -0.2) is 27.7 Å². The second-order valence-electron chi connectivity index (χ2n) is 4.50. The van der Waals surface area contributed by atoms with Crippen molar-refractivity contribution in [1.29, 1.82) is 0 Å². The monoisotopic (exact) mass is 499 g/mol. The normalized spacial score (nSPS) is 18.6. The zero-order valence-electron chi connectivity index (χ0n) is 11.2. The van der Waals surface area contributed by atoms with Crippen molar-refractivity contribution in [2.75, 3.05) is 6.54 Å². The van der Waals surface area contributed by atoms with Gasteiger partial charge in [-0.3, -0.25) is 4.79 Å². The summed E-state index contributed by atoms with van der Waals surface area (Å²) >= 11 is 7.85. The number of rotatable bonds is 3. The molecule has 0 aliphatic carbocycles. The summed E-state index contributed by atoms with van der Waals surface area (Å²) in [7, 11) is 0.